The second kappa shape index (κ2) is 9.42. The summed E-state index contributed by atoms with van der Waals surface area (Å²) < 4.78 is 53.6. The number of hydrogen-bond acceptors (Lipinski definition) is 6. The van der Waals surface area contributed by atoms with Crippen molar-refractivity contribution < 1.29 is 27.1 Å². The number of benzene rings is 2. The maximum atomic E-state index is 14.7. The predicted molar refractivity (Wildman–Crippen MR) is 128 cm³/mol. The number of rotatable bonds is 6. The van der Waals surface area contributed by atoms with Gasteiger partial charge in [-0.05, 0) is 36.4 Å². The number of likely N-dealkylation sites (N-methyl/N-ethyl adjacent to an activating group) is 1. The molecule has 1 amide bonds. The molecule has 0 fully saturated rings. The Morgan fingerprint density at radius 2 is 1.77 bits per heavy atom. The molecule has 8 nitrogen and oxygen atoms in total. The molecule has 0 saturated heterocycles. The first-order valence-corrected chi connectivity index (χ1v) is 13.1. The molecular formula is C24H25ClFN3O5S. The van der Waals surface area contributed by atoms with E-state index in [4.69, 9.17) is 21.1 Å². The topological polar surface area (TPSA) is 88.2 Å². The Balaban J connectivity index is 1.29. The first kappa shape index (κ1) is 24.1. The average Bonchev–Trinajstić information content (AvgIpc) is 3.44. The van der Waals surface area contributed by atoms with E-state index >= 15 is 0 Å². The maximum Gasteiger partial charge on any atom is 0.243 e. The van der Waals surface area contributed by atoms with Crippen molar-refractivity contribution in [1.82, 2.24) is 14.5 Å². The number of sulfonamides is 1. The molecule has 2 aromatic rings. The van der Waals surface area contributed by atoms with Gasteiger partial charge in [-0.25, -0.2) is 12.8 Å². The van der Waals surface area contributed by atoms with E-state index < -0.39 is 21.8 Å². The summed E-state index contributed by atoms with van der Waals surface area (Å²) in [6, 6.07) is 9.26. The SMILES string of the molecule is CNC[C@@H](C(=O)N1CC2=C(C1)CN(S(=O)(=O)c1ccc3c(c1)OCCO3)C2)c1cccc(Cl)c1F. The van der Waals surface area contributed by atoms with Gasteiger partial charge < -0.3 is 19.7 Å². The summed E-state index contributed by atoms with van der Waals surface area (Å²) in [6.07, 6.45) is 0. The third kappa shape index (κ3) is 4.40. The van der Waals surface area contributed by atoms with Crippen LogP contribution in [0.25, 0.3) is 0 Å². The second-order valence-corrected chi connectivity index (χ2v) is 11.1. The molecule has 3 heterocycles. The molecule has 0 bridgehead atoms. The molecule has 0 unspecified atom stereocenters. The fraction of sp³-hybridized carbons (Fsp3) is 0.375. The van der Waals surface area contributed by atoms with E-state index in [2.05, 4.69) is 5.32 Å². The Kier molecular flexibility index (Phi) is 6.47. The van der Waals surface area contributed by atoms with Crippen molar-refractivity contribution in [1.29, 1.82) is 0 Å². The lowest BCUT2D eigenvalue weighted by molar-refractivity contribution is -0.131. The van der Waals surface area contributed by atoms with Crippen LogP contribution >= 0.6 is 11.6 Å². The minimum atomic E-state index is -3.75. The van der Waals surface area contributed by atoms with E-state index in [1.807, 2.05) is 0 Å². The number of amides is 1. The molecule has 35 heavy (non-hydrogen) atoms. The number of carbonyl (C=O) groups excluding carboxylic acids is 1. The number of fused-ring (bicyclic) bond motifs is 1. The third-order valence-electron chi connectivity index (χ3n) is 6.52. The molecule has 11 heteroatoms. The van der Waals surface area contributed by atoms with Crippen LogP contribution in [-0.4, -0.2) is 76.5 Å². The standard InChI is InChI=1S/C24H25ClFN3O5S/c1-27-10-19(18-3-2-4-20(25)23(18)26)24(30)28-11-15-13-29(14-16(15)12-28)35(31,32)17-5-6-21-22(9-17)34-8-7-33-21/h2-6,9,19,27H,7-8,10-14H2,1H3/t19-/m1/s1. The van der Waals surface area contributed by atoms with Crippen molar-refractivity contribution in [3.05, 3.63) is 63.9 Å². The summed E-state index contributed by atoms with van der Waals surface area (Å²) in [7, 11) is -2.05. The van der Waals surface area contributed by atoms with E-state index in [0.29, 0.717) is 37.8 Å². The highest BCUT2D eigenvalue weighted by molar-refractivity contribution is 7.89. The van der Waals surface area contributed by atoms with Crippen LogP contribution in [0.4, 0.5) is 4.39 Å². The monoisotopic (exact) mass is 521 g/mol. The van der Waals surface area contributed by atoms with Gasteiger partial charge in [0.15, 0.2) is 11.5 Å². The number of halogens is 2. The van der Waals surface area contributed by atoms with Crippen LogP contribution in [-0.2, 0) is 14.8 Å². The lowest BCUT2D eigenvalue weighted by atomic mass is 9.96. The Labute approximate surface area is 208 Å². The van der Waals surface area contributed by atoms with Gasteiger partial charge in [0.2, 0.25) is 15.9 Å². The minimum Gasteiger partial charge on any atom is -0.486 e. The van der Waals surface area contributed by atoms with Gasteiger partial charge in [-0.3, -0.25) is 4.79 Å². The quantitative estimate of drug-likeness (QED) is 0.587. The van der Waals surface area contributed by atoms with Gasteiger partial charge in [0.05, 0.1) is 15.8 Å². The predicted octanol–water partition coefficient (Wildman–Crippen LogP) is 2.40. The summed E-state index contributed by atoms with van der Waals surface area (Å²) in [4.78, 5) is 15.2. The molecule has 186 valence electrons. The summed E-state index contributed by atoms with van der Waals surface area (Å²) >= 11 is 5.94. The molecule has 3 aliphatic rings. The van der Waals surface area contributed by atoms with Crippen molar-refractivity contribution in [3.63, 3.8) is 0 Å². The first-order valence-electron chi connectivity index (χ1n) is 11.3. The van der Waals surface area contributed by atoms with Gasteiger partial charge in [0.25, 0.3) is 0 Å². The second-order valence-electron chi connectivity index (χ2n) is 8.73. The highest BCUT2D eigenvalue weighted by atomic mass is 35.5. The summed E-state index contributed by atoms with van der Waals surface area (Å²) in [5.41, 5.74) is 2.04. The fourth-order valence-electron chi connectivity index (χ4n) is 4.75. The highest BCUT2D eigenvalue weighted by Crippen LogP contribution is 2.36. The van der Waals surface area contributed by atoms with Gasteiger partial charge >= 0.3 is 0 Å². The van der Waals surface area contributed by atoms with Gasteiger partial charge in [0.1, 0.15) is 19.0 Å². The van der Waals surface area contributed by atoms with E-state index in [-0.39, 0.29) is 41.0 Å². The van der Waals surface area contributed by atoms with Crippen molar-refractivity contribution in [2.45, 2.75) is 10.8 Å². The maximum absolute atomic E-state index is 14.7. The normalized spacial score (nSPS) is 18.7. The van der Waals surface area contributed by atoms with Gasteiger partial charge in [0, 0.05) is 44.4 Å². The summed E-state index contributed by atoms with van der Waals surface area (Å²) in [5, 5.41) is 2.93. The van der Waals surface area contributed by atoms with Gasteiger partial charge in [-0.15, -0.1) is 0 Å². The van der Waals surface area contributed by atoms with Crippen LogP contribution in [0.2, 0.25) is 5.02 Å². The Morgan fingerprint density at radius 3 is 2.46 bits per heavy atom. The lowest BCUT2D eigenvalue weighted by Gasteiger charge is -2.27. The van der Waals surface area contributed by atoms with E-state index in [1.165, 1.54) is 22.5 Å². The average molecular weight is 522 g/mol. The van der Waals surface area contributed by atoms with Crippen LogP contribution in [0.1, 0.15) is 11.5 Å². The van der Waals surface area contributed by atoms with E-state index in [1.54, 1.807) is 30.1 Å². The molecule has 0 aliphatic carbocycles. The van der Waals surface area contributed by atoms with Crippen molar-refractivity contribution in [2.75, 3.05) is 53.0 Å². The van der Waals surface area contributed by atoms with Crippen molar-refractivity contribution in [2.24, 2.45) is 0 Å². The molecule has 2 aromatic carbocycles. The molecule has 0 radical (unpaired) electrons. The van der Waals surface area contributed by atoms with Gasteiger partial charge in [-0.2, -0.15) is 4.31 Å². The number of nitrogens with zero attached hydrogens (tertiary/aromatic N) is 2. The Morgan fingerprint density at radius 1 is 1.09 bits per heavy atom. The number of hydrogen-bond donors (Lipinski definition) is 1. The first-order chi connectivity index (χ1) is 16.8. The molecule has 1 atom stereocenters. The molecule has 0 saturated carbocycles. The van der Waals surface area contributed by atoms with Crippen LogP contribution in [0.3, 0.4) is 0 Å². The Bertz CT molecular complexity index is 1300. The summed E-state index contributed by atoms with van der Waals surface area (Å²) in [5.74, 6) is -0.622. The number of ether oxygens (including phenoxy) is 2. The van der Waals surface area contributed by atoms with Crippen LogP contribution < -0.4 is 14.8 Å². The summed E-state index contributed by atoms with van der Waals surface area (Å²) in [6.45, 7) is 2.08. The van der Waals surface area contributed by atoms with Crippen molar-refractivity contribution >= 4 is 27.5 Å². The number of carbonyl (C=O) groups is 1. The molecule has 5 rings (SSSR count). The largest absolute Gasteiger partial charge is 0.486 e. The highest BCUT2D eigenvalue weighted by Gasteiger charge is 2.39. The molecular weight excluding hydrogens is 497 g/mol. The zero-order chi connectivity index (χ0) is 24.7. The molecule has 0 aromatic heterocycles. The van der Waals surface area contributed by atoms with E-state index in [0.717, 1.165) is 11.1 Å². The zero-order valence-electron chi connectivity index (χ0n) is 19.1. The zero-order valence-corrected chi connectivity index (χ0v) is 20.7. The van der Waals surface area contributed by atoms with Crippen LogP contribution in [0.15, 0.2) is 52.4 Å². The smallest absolute Gasteiger partial charge is 0.243 e. The van der Waals surface area contributed by atoms with Crippen molar-refractivity contribution in [3.8, 4) is 11.5 Å². The lowest BCUT2D eigenvalue weighted by Crippen LogP contribution is -2.40. The van der Waals surface area contributed by atoms with Gasteiger partial charge in [-0.1, -0.05) is 23.7 Å². The molecule has 0 spiro atoms. The minimum absolute atomic E-state index is 0.0292. The Hall–Kier alpha value is -2.66. The van der Waals surface area contributed by atoms with E-state index in [9.17, 15) is 17.6 Å². The van der Waals surface area contributed by atoms with Crippen LogP contribution in [0.5, 0.6) is 11.5 Å². The van der Waals surface area contributed by atoms with Crippen LogP contribution in [0, 0.1) is 5.82 Å². The fourth-order valence-corrected chi connectivity index (χ4v) is 6.38. The molecule has 1 N–H and O–H groups in total. The molecule has 3 aliphatic heterocycles. The third-order valence-corrected chi connectivity index (χ3v) is 8.60. The number of nitrogens with one attached hydrogen (secondary N) is 1.